The fraction of sp³-hybridized carbons (Fsp3) is 0.176. The fourth-order valence-electron chi connectivity index (χ4n) is 2.41. The molecule has 0 aliphatic carbocycles. The van der Waals surface area contributed by atoms with Crippen LogP contribution in [-0.2, 0) is 7.05 Å². The van der Waals surface area contributed by atoms with E-state index in [9.17, 15) is 9.18 Å². The molecule has 118 valence electrons. The Kier molecular flexibility index (Phi) is 4.25. The molecule has 0 fully saturated rings. The van der Waals surface area contributed by atoms with E-state index < -0.39 is 6.04 Å². The summed E-state index contributed by atoms with van der Waals surface area (Å²) in [6.45, 7) is 1.90. The van der Waals surface area contributed by atoms with Crippen LogP contribution in [0.3, 0.4) is 0 Å². The summed E-state index contributed by atoms with van der Waals surface area (Å²) in [5.41, 5.74) is 1.72. The first-order valence-electron chi connectivity index (χ1n) is 7.14. The average Bonchev–Trinajstić information content (AvgIpc) is 3.14. The van der Waals surface area contributed by atoms with Crippen LogP contribution in [0.4, 0.5) is 4.39 Å². The van der Waals surface area contributed by atoms with Gasteiger partial charge >= 0.3 is 0 Å². The number of halogens is 1. The molecule has 1 N–H and O–H groups in total. The highest BCUT2D eigenvalue weighted by Gasteiger charge is 2.22. The minimum absolute atomic E-state index is 0.158. The quantitative estimate of drug-likeness (QED) is 0.797. The molecule has 0 radical (unpaired) electrons. The molecule has 0 aliphatic rings. The highest BCUT2D eigenvalue weighted by molar-refractivity contribution is 7.12. The van der Waals surface area contributed by atoms with Crippen molar-refractivity contribution in [2.75, 3.05) is 0 Å². The molecule has 6 heteroatoms. The predicted molar refractivity (Wildman–Crippen MR) is 88.0 cm³/mol. The van der Waals surface area contributed by atoms with Crippen molar-refractivity contribution in [3.8, 4) is 0 Å². The maximum Gasteiger partial charge on any atom is 0.262 e. The molecule has 0 saturated heterocycles. The van der Waals surface area contributed by atoms with Gasteiger partial charge < -0.3 is 9.88 Å². The van der Waals surface area contributed by atoms with Crippen LogP contribution in [0.25, 0.3) is 0 Å². The number of aryl methyl sites for hydroxylation is 2. The van der Waals surface area contributed by atoms with E-state index in [0.717, 1.165) is 11.1 Å². The second-order valence-electron chi connectivity index (χ2n) is 5.29. The third-order valence-electron chi connectivity index (χ3n) is 3.66. The topological polar surface area (TPSA) is 46.9 Å². The maximum absolute atomic E-state index is 13.2. The van der Waals surface area contributed by atoms with E-state index in [0.29, 0.717) is 10.7 Å². The summed E-state index contributed by atoms with van der Waals surface area (Å²) >= 11 is 1.40. The molecule has 23 heavy (non-hydrogen) atoms. The number of nitrogens with one attached hydrogen (secondary N) is 1. The number of amides is 1. The second kappa shape index (κ2) is 6.34. The monoisotopic (exact) mass is 329 g/mol. The van der Waals surface area contributed by atoms with Gasteiger partial charge in [0.25, 0.3) is 5.91 Å². The highest BCUT2D eigenvalue weighted by atomic mass is 32.1. The molecular weight excluding hydrogens is 313 g/mol. The smallest absolute Gasteiger partial charge is 0.262 e. The average molecular weight is 329 g/mol. The molecule has 1 atom stereocenters. The molecule has 0 spiro atoms. The summed E-state index contributed by atoms with van der Waals surface area (Å²) in [6, 6.07) is 7.56. The number of carbonyl (C=O) groups excluding carboxylic acids is 1. The lowest BCUT2D eigenvalue weighted by molar-refractivity contribution is 0.0944. The molecule has 4 nitrogen and oxygen atoms in total. The Labute approximate surface area is 137 Å². The number of imidazole rings is 1. The summed E-state index contributed by atoms with van der Waals surface area (Å²) in [5.74, 6) is 0.224. The van der Waals surface area contributed by atoms with Gasteiger partial charge in [0.15, 0.2) is 0 Å². The third-order valence-corrected chi connectivity index (χ3v) is 4.68. The van der Waals surface area contributed by atoms with E-state index in [2.05, 4.69) is 10.3 Å². The first kappa shape index (κ1) is 15.4. The normalized spacial score (nSPS) is 12.1. The van der Waals surface area contributed by atoms with Crippen LogP contribution in [0, 0.1) is 12.7 Å². The standard InChI is InChI=1S/C17H16FN3OS/c1-11-7-10-23-15(11)17(22)20-14(16-19-8-9-21(16)2)12-3-5-13(18)6-4-12/h3-10,14H,1-2H3,(H,20,22)/t14-/m1/s1. The molecule has 0 bridgehead atoms. The van der Waals surface area contributed by atoms with E-state index in [1.54, 1.807) is 18.3 Å². The third kappa shape index (κ3) is 3.17. The Morgan fingerprint density at radius 2 is 2.04 bits per heavy atom. The predicted octanol–water partition coefficient (Wildman–Crippen LogP) is 3.45. The molecule has 1 aromatic carbocycles. The van der Waals surface area contributed by atoms with Crippen molar-refractivity contribution in [3.63, 3.8) is 0 Å². The van der Waals surface area contributed by atoms with Crippen LogP contribution in [-0.4, -0.2) is 15.5 Å². The largest absolute Gasteiger partial charge is 0.337 e. The molecule has 2 heterocycles. The zero-order valence-corrected chi connectivity index (χ0v) is 13.6. The van der Waals surface area contributed by atoms with Gasteiger partial charge in [-0.05, 0) is 41.6 Å². The van der Waals surface area contributed by atoms with Crippen molar-refractivity contribution in [1.29, 1.82) is 0 Å². The van der Waals surface area contributed by atoms with Crippen LogP contribution in [0.1, 0.15) is 32.7 Å². The van der Waals surface area contributed by atoms with Gasteiger partial charge in [-0.1, -0.05) is 12.1 Å². The molecule has 0 aliphatic heterocycles. The van der Waals surface area contributed by atoms with Crippen molar-refractivity contribution < 1.29 is 9.18 Å². The minimum Gasteiger partial charge on any atom is -0.337 e. The zero-order chi connectivity index (χ0) is 16.4. The molecule has 3 aromatic rings. The summed E-state index contributed by atoms with van der Waals surface area (Å²) in [4.78, 5) is 17.6. The van der Waals surface area contributed by atoms with Crippen LogP contribution < -0.4 is 5.32 Å². The fourth-order valence-corrected chi connectivity index (χ4v) is 3.24. The summed E-state index contributed by atoms with van der Waals surface area (Å²) < 4.78 is 15.0. The molecule has 3 rings (SSSR count). The van der Waals surface area contributed by atoms with Gasteiger partial charge in [0, 0.05) is 19.4 Å². The number of rotatable bonds is 4. The lowest BCUT2D eigenvalue weighted by atomic mass is 10.1. The van der Waals surface area contributed by atoms with Gasteiger partial charge in [0.1, 0.15) is 17.7 Å². The number of nitrogens with zero attached hydrogens (tertiary/aromatic N) is 2. The zero-order valence-electron chi connectivity index (χ0n) is 12.8. The Morgan fingerprint density at radius 3 is 2.61 bits per heavy atom. The maximum atomic E-state index is 13.2. The van der Waals surface area contributed by atoms with E-state index in [1.807, 2.05) is 36.2 Å². The van der Waals surface area contributed by atoms with Crippen LogP contribution in [0.5, 0.6) is 0 Å². The Morgan fingerprint density at radius 1 is 1.30 bits per heavy atom. The number of carbonyl (C=O) groups is 1. The number of thiophene rings is 1. The van der Waals surface area contributed by atoms with E-state index in [1.165, 1.54) is 23.5 Å². The lowest BCUT2D eigenvalue weighted by Crippen LogP contribution is -2.31. The SMILES string of the molecule is Cc1ccsc1C(=O)N[C@H](c1ccc(F)cc1)c1nccn1C. The number of hydrogen-bond acceptors (Lipinski definition) is 3. The first-order valence-corrected chi connectivity index (χ1v) is 8.02. The summed E-state index contributed by atoms with van der Waals surface area (Å²) in [5, 5.41) is 4.89. The van der Waals surface area contributed by atoms with Crippen LogP contribution >= 0.6 is 11.3 Å². The van der Waals surface area contributed by atoms with Gasteiger partial charge in [-0.15, -0.1) is 11.3 Å². The van der Waals surface area contributed by atoms with Gasteiger partial charge in [-0.3, -0.25) is 4.79 Å². The van der Waals surface area contributed by atoms with Gasteiger partial charge in [0.2, 0.25) is 0 Å². The number of aromatic nitrogens is 2. The second-order valence-corrected chi connectivity index (χ2v) is 6.20. The van der Waals surface area contributed by atoms with E-state index >= 15 is 0 Å². The van der Waals surface area contributed by atoms with Crippen molar-refractivity contribution in [2.24, 2.45) is 7.05 Å². The molecule has 0 unspecified atom stereocenters. The van der Waals surface area contributed by atoms with Crippen LogP contribution in [0.2, 0.25) is 0 Å². The summed E-state index contributed by atoms with van der Waals surface area (Å²) in [7, 11) is 1.86. The van der Waals surface area contributed by atoms with Crippen LogP contribution in [0.15, 0.2) is 48.1 Å². The Balaban J connectivity index is 1.96. The van der Waals surface area contributed by atoms with Crippen molar-refractivity contribution >= 4 is 17.2 Å². The van der Waals surface area contributed by atoms with E-state index in [-0.39, 0.29) is 11.7 Å². The van der Waals surface area contributed by atoms with Crippen molar-refractivity contribution in [1.82, 2.24) is 14.9 Å². The Hall–Kier alpha value is -2.47. The van der Waals surface area contributed by atoms with E-state index in [4.69, 9.17) is 0 Å². The molecule has 2 aromatic heterocycles. The number of hydrogen-bond donors (Lipinski definition) is 1. The molecule has 0 saturated carbocycles. The first-order chi connectivity index (χ1) is 11.1. The minimum atomic E-state index is -0.440. The molecule has 1 amide bonds. The lowest BCUT2D eigenvalue weighted by Gasteiger charge is -2.19. The van der Waals surface area contributed by atoms with Crippen molar-refractivity contribution in [2.45, 2.75) is 13.0 Å². The van der Waals surface area contributed by atoms with Gasteiger partial charge in [0.05, 0.1) is 4.88 Å². The number of benzene rings is 1. The summed E-state index contributed by atoms with van der Waals surface area (Å²) in [6.07, 6.45) is 3.49. The highest BCUT2D eigenvalue weighted by Crippen LogP contribution is 2.23. The van der Waals surface area contributed by atoms with Gasteiger partial charge in [-0.2, -0.15) is 0 Å². The van der Waals surface area contributed by atoms with Gasteiger partial charge in [-0.25, -0.2) is 9.37 Å². The van der Waals surface area contributed by atoms with Crippen molar-refractivity contribution in [3.05, 3.63) is 75.8 Å². The molecular formula is C17H16FN3OS. The Bertz CT molecular complexity index is 822.